The Bertz CT molecular complexity index is 3130. The number of thioether (sulfide) groups is 3. The first kappa shape index (κ1) is 69.6. The quantitative estimate of drug-likeness (QED) is 0.0360. The molecular formula is C50H68N20O15S3. The average molecular weight is 1290 g/mol. The number of H-pyrrole nitrogens is 2. The molecule has 0 unspecified atom stereocenters. The second kappa shape index (κ2) is 34.3. The Kier molecular flexibility index (Phi) is 27.1. The monoisotopic (exact) mass is 1280 g/mol. The Labute approximate surface area is 513 Å². The Balaban J connectivity index is 1.55. The Morgan fingerprint density at radius 1 is 0.716 bits per heavy atom. The summed E-state index contributed by atoms with van der Waals surface area (Å²) in [6.07, 6.45) is 3.35. The Morgan fingerprint density at radius 3 is 1.81 bits per heavy atom. The highest BCUT2D eigenvalue weighted by Gasteiger charge is 2.37. The van der Waals surface area contributed by atoms with Gasteiger partial charge in [-0.25, -0.2) is 4.98 Å². The van der Waals surface area contributed by atoms with Crippen LogP contribution in [-0.4, -0.2) is 234 Å². The molecule has 38 heteroatoms. The third-order valence-electron chi connectivity index (χ3n) is 13.2. The van der Waals surface area contributed by atoms with Gasteiger partial charge in [-0.1, -0.05) is 23.3 Å². The highest BCUT2D eigenvalue weighted by molar-refractivity contribution is 8.00. The number of carbonyl (C=O) groups is 14. The number of amides is 14. The largest absolute Gasteiger partial charge is 0.394 e. The number of azide groups is 1. The van der Waals surface area contributed by atoms with E-state index in [0.717, 1.165) is 45.1 Å². The number of nitrogens with one attached hydrogen (secondary N) is 10. The zero-order chi connectivity index (χ0) is 64.6. The van der Waals surface area contributed by atoms with Crippen LogP contribution in [0.4, 0.5) is 0 Å². The number of aliphatic hydroxyl groups is 1. The van der Waals surface area contributed by atoms with E-state index in [0.29, 0.717) is 16.5 Å². The minimum absolute atomic E-state index is 0.115. The van der Waals surface area contributed by atoms with Gasteiger partial charge >= 0.3 is 0 Å². The van der Waals surface area contributed by atoms with E-state index in [2.05, 4.69) is 67.5 Å². The van der Waals surface area contributed by atoms with E-state index in [-0.39, 0.29) is 42.2 Å². The number of rotatable bonds is 16. The average Bonchev–Trinajstić information content (AvgIpc) is 4.24. The molecule has 2 saturated heterocycles. The summed E-state index contributed by atoms with van der Waals surface area (Å²) in [5.41, 5.74) is 27.0. The summed E-state index contributed by atoms with van der Waals surface area (Å²) in [5.74, 6) is -15.5. The first-order valence-electron chi connectivity index (χ1n) is 26.8. The summed E-state index contributed by atoms with van der Waals surface area (Å²) in [6, 6.07) is -6.48. The van der Waals surface area contributed by atoms with Gasteiger partial charge in [0.05, 0.1) is 57.3 Å². The Hall–Kier alpha value is -9.13. The molecule has 3 aromatic rings. The molecular weight excluding hydrogens is 1220 g/mol. The minimum Gasteiger partial charge on any atom is -0.394 e. The van der Waals surface area contributed by atoms with E-state index in [1.54, 1.807) is 36.7 Å². The summed E-state index contributed by atoms with van der Waals surface area (Å²) in [4.78, 5) is 206. The zero-order valence-corrected chi connectivity index (χ0v) is 50.0. The van der Waals surface area contributed by atoms with Gasteiger partial charge in [-0.15, -0.1) is 23.5 Å². The predicted octanol–water partition coefficient (Wildman–Crippen LogP) is -6.28. The number of aliphatic hydroxyl groups excluding tert-OH is 1. The molecule has 1 aromatic carbocycles. The molecule has 35 nitrogen and oxygen atoms in total. The number of benzene rings is 1. The van der Waals surface area contributed by atoms with E-state index in [9.17, 15) is 72.2 Å². The van der Waals surface area contributed by atoms with Crippen LogP contribution in [0.25, 0.3) is 21.3 Å². The number of hydrogen-bond acceptors (Lipinski definition) is 20. The first-order valence-corrected chi connectivity index (χ1v) is 30.5. The number of primary amides is 3. The fraction of sp³-hybridized carbons (Fsp3) is 0.500. The van der Waals surface area contributed by atoms with E-state index in [4.69, 9.17) is 22.7 Å². The molecule has 8 atom stereocenters. The van der Waals surface area contributed by atoms with Crippen LogP contribution in [0, 0.1) is 0 Å². The van der Waals surface area contributed by atoms with Crippen molar-refractivity contribution in [3.8, 4) is 0 Å². The molecule has 5 rings (SSSR count). The lowest BCUT2D eigenvalue weighted by Crippen LogP contribution is -2.61. The zero-order valence-electron chi connectivity index (χ0n) is 47.5. The van der Waals surface area contributed by atoms with Crippen LogP contribution in [0.2, 0.25) is 0 Å². The number of nitrogens with two attached hydrogens (primary N) is 3. The molecule has 88 heavy (non-hydrogen) atoms. The summed E-state index contributed by atoms with van der Waals surface area (Å²) < 4.78 is 0. The topological polar surface area (TPSA) is 536 Å². The standard InChI is InChI=1S/C50H68N20O15S3/c1-25(72)59-37-18-88-20-42(77)70-23-68(40(75)15-58-67-54)22-69(24-70)41(76)19-87-17-36(43(53)78)66-48(83)34(12-39(52)74)63-44(79)30(7-8-86-2)60-45(80)31(9-26-13-56-29-6-4-3-5-28(26)29)61-46(81)32(10-27-14-55-21-57-27)62-47(82)33(11-38(51)73)64-49(84)35(16-71)65-50(37)85/h3-6,13-14,21,30-37,56,71H,7-12,15-20,22-24H2,1-2H3,(H2,51,73)(H2,52,74)(H2,53,78)(H,55,57)(H,59,72)(H,60,80)(H,61,81)(H,62,82)(H,63,79)(H,64,84)(H,65,85)(H,66,83)/t30-,31-,32-,33-,34-,35-,36-,37-/m0/s1. The number of carbonyl (C=O) groups excluding carboxylic acids is 14. The summed E-state index contributed by atoms with van der Waals surface area (Å²) in [6.45, 7) is -2.02. The van der Waals surface area contributed by atoms with Gasteiger partial charge in [0.1, 0.15) is 54.9 Å². The highest BCUT2D eigenvalue weighted by atomic mass is 32.2. The van der Waals surface area contributed by atoms with Crippen LogP contribution in [0.1, 0.15) is 37.4 Å². The molecule has 17 N–H and O–H groups in total. The van der Waals surface area contributed by atoms with Crippen molar-refractivity contribution in [3.63, 3.8) is 0 Å². The molecule has 0 spiro atoms. The highest BCUT2D eigenvalue weighted by Crippen LogP contribution is 2.21. The van der Waals surface area contributed by atoms with Gasteiger partial charge < -0.3 is 89.5 Å². The maximum atomic E-state index is 14.7. The maximum absolute atomic E-state index is 14.7. The van der Waals surface area contributed by atoms with Gasteiger partial charge in [0.2, 0.25) is 82.7 Å². The second-order valence-electron chi connectivity index (χ2n) is 19.9. The summed E-state index contributed by atoms with van der Waals surface area (Å²) in [5, 5.41) is 33.6. The van der Waals surface area contributed by atoms with Gasteiger partial charge in [-0.05, 0) is 35.6 Å². The van der Waals surface area contributed by atoms with Crippen molar-refractivity contribution in [2.24, 2.45) is 22.3 Å². The normalized spacial score (nSPS) is 23.2. The predicted molar refractivity (Wildman–Crippen MR) is 316 cm³/mol. The molecule has 0 aliphatic carbocycles. The second-order valence-corrected chi connectivity index (χ2v) is 22.9. The molecule has 4 heterocycles. The number of aromatic nitrogens is 3. The number of nitrogens with zero attached hydrogens (tertiary/aromatic N) is 7. The molecule has 2 bridgehead atoms. The van der Waals surface area contributed by atoms with Gasteiger partial charge in [0.15, 0.2) is 0 Å². The maximum Gasteiger partial charge on any atom is 0.245 e. The van der Waals surface area contributed by atoms with Crippen molar-refractivity contribution in [3.05, 3.63) is 64.7 Å². The smallest absolute Gasteiger partial charge is 0.245 e. The van der Waals surface area contributed by atoms with E-state index in [1.165, 1.54) is 24.3 Å². The number of aromatic amines is 2. The number of hydrogen-bond donors (Lipinski definition) is 14. The number of imidazole rings is 1. The summed E-state index contributed by atoms with van der Waals surface area (Å²) in [7, 11) is 0. The van der Waals surface area contributed by atoms with Gasteiger partial charge in [0.25, 0.3) is 0 Å². The minimum atomic E-state index is -1.91. The molecule has 2 aliphatic heterocycles. The third-order valence-corrected chi connectivity index (χ3v) is 15.9. The van der Waals surface area contributed by atoms with Gasteiger partial charge in [-0.2, -0.15) is 11.8 Å². The first-order chi connectivity index (χ1) is 41.9. The van der Waals surface area contributed by atoms with Crippen molar-refractivity contribution in [1.29, 1.82) is 0 Å². The van der Waals surface area contributed by atoms with Crippen molar-refractivity contribution < 1.29 is 72.2 Å². The molecule has 2 aliphatic rings. The Morgan fingerprint density at radius 2 is 1.25 bits per heavy atom. The van der Waals surface area contributed by atoms with Crippen molar-refractivity contribution in [1.82, 2.24) is 72.2 Å². The molecule has 0 radical (unpaired) electrons. The molecule has 14 amide bonds. The van der Waals surface area contributed by atoms with Gasteiger partial charge in [0, 0.05) is 65.2 Å². The molecule has 0 saturated carbocycles. The molecule has 476 valence electrons. The van der Waals surface area contributed by atoms with Crippen molar-refractivity contribution >= 4 is 129 Å². The lowest BCUT2D eigenvalue weighted by molar-refractivity contribution is -0.156. The fourth-order valence-electron chi connectivity index (χ4n) is 8.73. The van der Waals surface area contributed by atoms with Crippen LogP contribution in [0.15, 0.2) is 48.1 Å². The third kappa shape index (κ3) is 21.4. The molecule has 2 aromatic heterocycles. The summed E-state index contributed by atoms with van der Waals surface area (Å²) >= 11 is 2.82. The van der Waals surface area contributed by atoms with E-state index >= 15 is 0 Å². The van der Waals surface area contributed by atoms with Crippen LogP contribution < -0.4 is 59.7 Å². The number of para-hydroxylation sites is 1. The lowest BCUT2D eigenvalue weighted by Gasteiger charge is -2.42. The van der Waals surface area contributed by atoms with E-state index < -0.39 is 189 Å². The van der Waals surface area contributed by atoms with Crippen molar-refractivity contribution in [2.75, 3.05) is 68.2 Å². The number of fused-ring (bicyclic) bond motifs is 3. The van der Waals surface area contributed by atoms with Gasteiger partial charge in [-0.3, -0.25) is 67.1 Å². The van der Waals surface area contributed by atoms with Crippen LogP contribution in [0.5, 0.6) is 0 Å². The van der Waals surface area contributed by atoms with Crippen LogP contribution >= 0.6 is 35.3 Å². The SMILES string of the molecule is CSCC[C@@H]1NC(=O)[C@H](Cc2c[nH]c3ccccc23)NC(=O)[C@H](Cc2cnc[nH]2)NC(=O)[C@H](CC(N)=O)NC(=O)[C@H](CO)NC(=O)[C@@H](NC(C)=O)CSCC(=O)N2CN(C(=O)CN=[N+]=[N-])CN(C2)C(=O)CSC[C@@H](C(N)=O)NC(=O)[C@H](CC(N)=O)NC1=O. The van der Waals surface area contributed by atoms with E-state index in [1.807, 2.05) is 0 Å². The molecule has 2 fully saturated rings. The fourth-order valence-corrected chi connectivity index (χ4v) is 11.1. The van der Waals surface area contributed by atoms with Crippen LogP contribution in [-0.2, 0) is 80.0 Å². The van der Waals surface area contributed by atoms with Crippen LogP contribution in [0.3, 0.4) is 0 Å². The lowest BCUT2D eigenvalue weighted by atomic mass is 10.0. The van der Waals surface area contributed by atoms with Crippen molar-refractivity contribution in [2.45, 2.75) is 87.4 Å².